The molecule has 49 heavy (non-hydrogen) atoms. The minimum Gasteiger partial charge on any atom is -0.372 e. The van der Waals surface area contributed by atoms with E-state index >= 15 is 0 Å². The molecule has 3 saturated heterocycles. The number of aryl methyl sites for hydroxylation is 1. The molecule has 1 saturated carbocycles. The van der Waals surface area contributed by atoms with E-state index in [-0.39, 0.29) is 36.5 Å². The third-order valence-electron chi connectivity index (χ3n) is 11.0. The fraction of sp³-hybridized carbons (Fsp3) is 0.526. The number of likely N-dealkylation sites (tertiary alicyclic amines) is 1. The van der Waals surface area contributed by atoms with Crippen molar-refractivity contribution >= 4 is 17.8 Å². The zero-order chi connectivity index (χ0) is 34.1. The lowest BCUT2D eigenvalue weighted by Gasteiger charge is -2.37. The molecule has 0 bridgehead atoms. The topological polar surface area (TPSA) is 78.9 Å². The smallest absolute Gasteiger partial charge is 0.372 e. The van der Waals surface area contributed by atoms with E-state index in [9.17, 15) is 22.8 Å². The molecule has 11 heteroatoms. The number of piperidine rings is 1. The maximum atomic E-state index is 14.2. The molecule has 0 spiro atoms. The lowest BCUT2D eigenvalue weighted by molar-refractivity contribution is -0.138. The number of carbonyl (C=O) groups excluding carboxylic acids is 2. The highest BCUT2D eigenvalue weighted by Crippen LogP contribution is 2.41. The summed E-state index contributed by atoms with van der Waals surface area (Å²) in [5, 5.41) is 0. The molecule has 3 aliphatic heterocycles. The van der Waals surface area contributed by atoms with Gasteiger partial charge >= 0.3 is 6.18 Å². The summed E-state index contributed by atoms with van der Waals surface area (Å²) in [6.07, 6.45) is 5.93. The first kappa shape index (κ1) is 33.5. The fourth-order valence-electron chi connectivity index (χ4n) is 8.19. The number of aromatic nitrogens is 2. The summed E-state index contributed by atoms with van der Waals surface area (Å²) in [5.74, 6) is 0.338. The van der Waals surface area contributed by atoms with Crippen LogP contribution in [0.15, 0.2) is 54.9 Å². The molecule has 4 heterocycles. The minimum atomic E-state index is -4.55. The summed E-state index contributed by atoms with van der Waals surface area (Å²) in [6, 6.07) is 11.5. The molecule has 1 aliphatic carbocycles. The first-order valence-corrected chi connectivity index (χ1v) is 17.8. The standard InChI is InChI=1S/C38H44F3N5O3/c1-2-25-21-42-37(43-22-25)44-15-13-26(14-16-44)28-9-6-10-29(19-28)36(48)46-17-18-49-34-24-45(23-33(34)46)35(47)30-11-12-31(27-7-4-3-5-8-27)32(20-30)38(39,40)41/h6,9-12,19-22,26-27,33-34H,2-5,7-8,13-18,23-24H2,1H3/t33-,34+/m0/s1. The Kier molecular flexibility index (Phi) is 9.64. The van der Waals surface area contributed by atoms with Crippen molar-refractivity contribution in [1.82, 2.24) is 19.8 Å². The predicted molar refractivity (Wildman–Crippen MR) is 180 cm³/mol. The molecule has 1 aromatic heterocycles. The highest BCUT2D eigenvalue weighted by atomic mass is 19.4. The monoisotopic (exact) mass is 675 g/mol. The van der Waals surface area contributed by atoms with E-state index in [1.54, 1.807) is 9.80 Å². The predicted octanol–water partition coefficient (Wildman–Crippen LogP) is 6.86. The fourth-order valence-corrected chi connectivity index (χ4v) is 8.19. The van der Waals surface area contributed by atoms with Gasteiger partial charge in [-0.25, -0.2) is 9.97 Å². The summed E-state index contributed by atoms with van der Waals surface area (Å²) in [7, 11) is 0. The molecular weight excluding hydrogens is 631 g/mol. The van der Waals surface area contributed by atoms with Crippen LogP contribution in [0.4, 0.5) is 19.1 Å². The van der Waals surface area contributed by atoms with Gasteiger partial charge in [-0.15, -0.1) is 0 Å². The molecule has 260 valence electrons. The number of nitrogens with zero attached hydrogens (tertiary/aromatic N) is 5. The number of alkyl halides is 3. The van der Waals surface area contributed by atoms with Crippen LogP contribution in [0, 0.1) is 0 Å². The molecule has 2 amide bonds. The van der Waals surface area contributed by atoms with E-state index in [2.05, 4.69) is 27.9 Å². The van der Waals surface area contributed by atoms with Gasteiger partial charge in [0.15, 0.2) is 0 Å². The van der Waals surface area contributed by atoms with Gasteiger partial charge in [0.05, 0.1) is 24.3 Å². The van der Waals surface area contributed by atoms with Crippen molar-refractivity contribution < 1.29 is 27.5 Å². The summed E-state index contributed by atoms with van der Waals surface area (Å²) >= 11 is 0. The number of carbonyl (C=O) groups is 2. The van der Waals surface area contributed by atoms with Gasteiger partial charge in [-0.1, -0.05) is 44.4 Å². The first-order valence-electron chi connectivity index (χ1n) is 17.8. The molecule has 4 aliphatic rings. The second-order valence-corrected chi connectivity index (χ2v) is 14.0. The zero-order valence-electron chi connectivity index (χ0n) is 28.0. The molecule has 0 unspecified atom stereocenters. The summed E-state index contributed by atoms with van der Waals surface area (Å²) < 4.78 is 48.7. The number of amides is 2. The first-order chi connectivity index (χ1) is 23.7. The van der Waals surface area contributed by atoms with Crippen LogP contribution in [0.2, 0.25) is 0 Å². The molecule has 2 aromatic carbocycles. The van der Waals surface area contributed by atoms with Crippen LogP contribution in [0.25, 0.3) is 0 Å². The van der Waals surface area contributed by atoms with Crippen LogP contribution in [0.3, 0.4) is 0 Å². The SMILES string of the molecule is CCc1cnc(N2CCC(c3cccc(C(=O)N4CCO[C@@H]5CN(C(=O)c6ccc(C7CCCCC7)c(C(F)(F)F)c6)C[C@@H]54)c3)CC2)nc1. The van der Waals surface area contributed by atoms with Crippen LogP contribution in [-0.2, 0) is 17.3 Å². The van der Waals surface area contributed by atoms with Crippen LogP contribution in [0.1, 0.15) is 107 Å². The van der Waals surface area contributed by atoms with Gasteiger partial charge in [0.25, 0.3) is 11.8 Å². The molecule has 3 aromatic rings. The van der Waals surface area contributed by atoms with E-state index in [1.807, 2.05) is 30.6 Å². The van der Waals surface area contributed by atoms with Gasteiger partial charge < -0.3 is 19.4 Å². The molecule has 7 rings (SSSR count). The second-order valence-electron chi connectivity index (χ2n) is 14.0. The molecule has 8 nitrogen and oxygen atoms in total. The Morgan fingerprint density at radius 2 is 1.59 bits per heavy atom. The van der Waals surface area contributed by atoms with Gasteiger partial charge in [0.1, 0.15) is 0 Å². The second kappa shape index (κ2) is 14.1. The van der Waals surface area contributed by atoms with Gasteiger partial charge in [0.2, 0.25) is 5.95 Å². The maximum Gasteiger partial charge on any atom is 0.416 e. The normalized spacial score (nSPS) is 22.3. The largest absolute Gasteiger partial charge is 0.416 e. The van der Waals surface area contributed by atoms with E-state index in [4.69, 9.17) is 4.74 Å². The van der Waals surface area contributed by atoms with Crippen molar-refractivity contribution in [3.8, 4) is 0 Å². The van der Waals surface area contributed by atoms with Gasteiger partial charge in [-0.3, -0.25) is 9.59 Å². The summed E-state index contributed by atoms with van der Waals surface area (Å²) in [6.45, 7) is 4.90. The van der Waals surface area contributed by atoms with Gasteiger partial charge in [-0.2, -0.15) is 13.2 Å². The Balaban J connectivity index is 1.02. The zero-order valence-corrected chi connectivity index (χ0v) is 28.0. The van der Waals surface area contributed by atoms with E-state index in [1.165, 1.54) is 12.1 Å². The maximum absolute atomic E-state index is 14.2. The van der Waals surface area contributed by atoms with E-state index < -0.39 is 23.8 Å². The van der Waals surface area contributed by atoms with Crippen molar-refractivity contribution in [2.24, 2.45) is 0 Å². The third-order valence-corrected chi connectivity index (χ3v) is 11.0. The Hall–Kier alpha value is -3.99. The highest BCUT2D eigenvalue weighted by Gasteiger charge is 2.44. The average molecular weight is 676 g/mol. The number of hydrogen-bond acceptors (Lipinski definition) is 6. The number of anilines is 1. The van der Waals surface area contributed by atoms with Crippen molar-refractivity contribution in [1.29, 1.82) is 0 Å². The van der Waals surface area contributed by atoms with E-state index in [0.717, 1.165) is 87.6 Å². The quantitative estimate of drug-likeness (QED) is 0.284. The lowest BCUT2D eigenvalue weighted by Crippen LogP contribution is -2.53. The molecule has 2 atom stereocenters. The molecule has 4 fully saturated rings. The summed E-state index contributed by atoms with van der Waals surface area (Å²) in [5.41, 5.74) is 2.44. The number of fused-ring (bicyclic) bond motifs is 1. The van der Waals surface area contributed by atoms with Gasteiger partial charge in [0, 0.05) is 56.2 Å². The average Bonchev–Trinajstić information content (AvgIpc) is 3.59. The van der Waals surface area contributed by atoms with Gasteiger partial charge in [-0.05, 0) is 84.9 Å². The summed E-state index contributed by atoms with van der Waals surface area (Å²) in [4.78, 5) is 42.2. The van der Waals surface area contributed by atoms with Crippen molar-refractivity contribution in [2.45, 2.75) is 88.4 Å². The number of halogens is 3. The van der Waals surface area contributed by atoms with Crippen LogP contribution < -0.4 is 4.90 Å². The highest BCUT2D eigenvalue weighted by molar-refractivity contribution is 5.96. The lowest BCUT2D eigenvalue weighted by atomic mass is 9.81. The van der Waals surface area contributed by atoms with Crippen molar-refractivity contribution in [3.05, 3.63) is 88.2 Å². The number of hydrogen-bond donors (Lipinski definition) is 0. The molecular formula is C38H44F3N5O3. The number of ether oxygens (including phenoxy) is 1. The van der Waals surface area contributed by atoms with Crippen molar-refractivity contribution in [3.63, 3.8) is 0 Å². The minimum absolute atomic E-state index is 0.0201. The number of rotatable bonds is 6. The van der Waals surface area contributed by atoms with Crippen LogP contribution in [-0.4, -0.2) is 83.1 Å². The molecule has 0 N–H and O–H groups in total. The van der Waals surface area contributed by atoms with Crippen molar-refractivity contribution in [2.75, 3.05) is 44.2 Å². The number of benzene rings is 2. The Labute approximate surface area is 285 Å². The van der Waals surface area contributed by atoms with Crippen LogP contribution >= 0.6 is 0 Å². The number of morpholine rings is 1. The Morgan fingerprint density at radius 3 is 2.31 bits per heavy atom. The van der Waals surface area contributed by atoms with E-state index in [0.29, 0.717) is 30.2 Å². The third kappa shape index (κ3) is 7.04. The Morgan fingerprint density at radius 1 is 0.857 bits per heavy atom. The molecule has 0 radical (unpaired) electrons. The Bertz CT molecular complexity index is 1650. The van der Waals surface area contributed by atoms with Crippen LogP contribution in [0.5, 0.6) is 0 Å².